The molecule has 88 valence electrons. The minimum atomic E-state index is -4.93. The summed E-state index contributed by atoms with van der Waals surface area (Å²) < 4.78 is 52.1. The number of hydrogen-bond acceptors (Lipinski definition) is 1. The average molecular weight is 234 g/mol. The Morgan fingerprint density at radius 3 is 2.56 bits per heavy atom. The Labute approximate surface area is 89.7 Å². The molecule has 0 amide bonds. The zero-order chi connectivity index (χ0) is 12.0. The fourth-order valence-corrected chi connectivity index (χ4v) is 2.15. The second-order valence-electron chi connectivity index (χ2n) is 3.96. The third-order valence-corrected chi connectivity index (χ3v) is 2.98. The molecule has 1 aromatic carbocycles. The van der Waals surface area contributed by atoms with Gasteiger partial charge in [0.2, 0.25) is 5.67 Å². The van der Waals surface area contributed by atoms with E-state index in [9.17, 15) is 22.7 Å². The molecule has 0 aromatic heterocycles. The molecule has 0 saturated carbocycles. The topological polar surface area (TPSA) is 20.2 Å². The summed E-state index contributed by atoms with van der Waals surface area (Å²) in [6.45, 7) is 0. The predicted molar refractivity (Wildman–Crippen MR) is 49.9 cm³/mol. The smallest absolute Gasteiger partial charge is 0.426 e. The van der Waals surface area contributed by atoms with Crippen molar-refractivity contribution in [3.63, 3.8) is 0 Å². The number of phenolic OH excluding ortho intramolecular Hbond substituents is 1. The maximum absolute atomic E-state index is 14.0. The third kappa shape index (κ3) is 1.45. The third-order valence-electron chi connectivity index (χ3n) is 2.98. The summed E-state index contributed by atoms with van der Waals surface area (Å²) in [6.07, 6.45) is -5.15. The van der Waals surface area contributed by atoms with Crippen molar-refractivity contribution >= 4 is 0 Å². The van der Waals surface area contributed by atoms with Gasteiger partial charge in [-0.3, -0.25) is 0 Å². The molecular formula is C11H10F4O. The van der Waals surface area contributed by atoms with E-state index in [2.05, 4.69) is 0 Å². The first-order chi connectivity index (χ1) is 7.36. The van der Waals surface area contributed by atoms with Crippen molar-refractivity contribution in [1.29, 1.82) is 0 Å². The van der Waals surface area contributed by atoms with E-state index in [0.29, 0.717) is 0 Å². The molecule has 1 nitrogen and oxygen atoms in total. The number of rotatable bonds is 0. The van der Waals surface area contributed by atoms with Crippen LogP contribution in [0.15, 0.2) is 18.2 Å². The number of fused-ring (bicyclic) bond motifs is 1. The Morgan fingerprint density at radius 1 is 1.25 bits per heavy atom. The highest BCUT2D eigenvalue weighted by molar-refractivity contribution is 5.44. The van der Waals surface area contributed by atoms with Crippen LogP contribution in [0.2, 0.25) is 0 Å². The number of halogens is 4. The lowest BCUT2D eigenvalue weighted by molar-refractivity contribution is -0.240. The van der Waals surface area contributed by atoms with E-state index in [1.54, 1.807) is 0 Å². The van der Waals surface area contributed by atoms with Crippen molar-refractivity contribution in [1.82, 2.24) is 0 Å². The number of alkyl halides is 4. The molecular weight excluding hydrogens is 224 g/mol. The molecule has 16 heavy (non-hydrogen) atoms. The highest BCUT2D eigenvalue weighted by Gasteiger charge is 2.58. The van der Waals surface area contributed by atoms with Crippen molar-refractivity contribution in [2.24, 2.45) is 0 Å². The molecule has 1 aromatic rings. The van der Waals surface area contributed by atoms with Crippen LogP contribution < -0.4 is 0 Å². The lowest BCUT2D eigenvalue weighted by Gasteiger charge is -2.33. The summed E-state index contributed by atoms with van der Waals surface area (Å²) >= 11 is 0. The molecule has 5 heteroatoms. The van der Waals surface area contributed by atoms with Gasteiger partial charge in [-0.2, -0.15) is 13.2 Å². The Hall–Kier alpha value is -1.26. The Bertz CT molecular complexity index is 413. The van der Waals surface area contributed by atoms with E-state index in [0.717, 1.165) is 6.07 Å². The van der Waals surface area contributed by atoms with E-state index in [1.807, 2.05) is 0 Å². The van der Waals surface area contributed by atoms with E-state index in [-0.39, 0.29) is 24.2 Å². The quantitative estimate of drug-likeness (QED) is 0.681. The van der Waals surface area contributed by atoms with Crippen LogP contribution in [0.1, 0.15) is 24.0 Å². The minimum Gasteiger partial charge on any atom is -0.508 e. The molecule has 0 spiro atoms. The van der Waals surface area contributed by atoms with E-state index < -0.39 is 23.8 Å². The molecule has 1 unspecified atom stereocenters. The summed E-state index contributed by atoms with van der Waals surface area (Å²) in [5, 5.41) is 9.42. The van der Waals surface area contributed by atoms with Gasteiger partial charge in [0.05, 0.1) is 0 Å². The second kappa shape index (κ2) is 3.37. The standard InChI is InChI=1S/C11H10F4O/c12-10(11(13,14)15)6-2-3-7-8(10)4-1-5-9(7)16/h1,4-5,16H,2-3,6H2. The van der Waals surface area contributed by atoms with Crippen molar-refractivity contribution < 1.29 is 22.7 Å². The van der Waals surface area contributed by atoms with E-state index >= 15 is 0 Å². The minimum absolute atomic E-state index is 0.0774. The molecule has 1 N–H and O–H groups in total. The number of aromatic hydroxyl groups is 1. The van der Waals surface area contributed by atoms with Gasteiger partial charge in [0.25, 0.3) is 0 Å². The van der Waals surface area contributed by atoms with Gasteiger partial charge in [-0.25, -0.2) is 4.39 Å². The van der Waals surface area contributed by atoms with Crippen molar-refractivity contribution in [2.45, 2.75) is 31.1 Å². The first-order valence-corrected chi connectivity index (χ1v) is 4.93. The van der Waals surface area contributed by atoms with Crippen LogP contribution in [0, 0.1) is 0 Å². The fraction of sp³-hybridized carbons (Fsp3) is 0.455. The summed E-state index contributed by atoms with van der Waals surface area (Å²) in [4.78, 5) is 0. The van der Waals surface area contributed by atoms with E-state index in [4.69, 9.17) is 0 Å². The van der Waals surface area contributed by atoms with Gasteiger partial charge in [-0.05, 0) is 25.3 Å². The Morgan fingerprint density at radius 2 is 1.94 bits per heavy atom. The molecule has 0 heterocycles. The molecule has 0 saturated heterocycles. The molecule has 0 radical (unpaired) electrons. The van der Waals surface area contributed by atoms with Crippen molar-refractivity contribution in [3.8, 4) is 5.75 Å². The Kier molecular flexibility index (Phi) is 2.36. The summed E-state index contributed by atoms with van der Waals surface area (Å²) in [5.41, 5.74) is -3.68. The highest BCUT2D eigenvalue weighted by atomic mass is 19.4. The lowest BCUT2D eigenvalue weighted by atomic mass is 9.79. The monoisotopic (exact) mass is 234 g/mol. The predicted octanol–water partition coefficient (Wildman–Crippen LogP) is 3.46. The van der Waals surface area contributed by atoms with Crippen LogP contribution >= 0.6 is 0 Å². The summed E-state index contributed by atoms with van der Waals surface area (Å²) in [7, 11) is 0. The summed E-state index contributed by atoms with van der Waals surface area (Å²) in [6, 6.07) is 3.61. The molecule has 1 aliphatic rings. The van der Waals surface area contributed by atoms with Crippen LogP contribution in [0.3, 0.4) is 0 Å². The van der Waals surface area contributed by atoms with Gasteiger partial charge in [0.1, 0.15) is 5.75 Å². The zero-order valence-corrected chi connectivity index (χ0v) is 8.31. The zero-order valence-electron chi connectivity index (χ0n) is 8.31. The van der Waals surface area contributed by atoms with Gasteiger partial charge in [-0.15, -0.1) is 0 Å². The molecule has 1 atom stereocenters. The van der Waals surface area contributed by atoms with Crippen LogP contribution in [-0.4, -0.2) is 11.3 Å². The van der Waals surface area contributed by atoms with Gasteiger partial charge < -0.3 is 5.11 Å². The van der Waals surface area contributed by atoms with Crippen LogP contribution in [-0.2, 0) is 12.1 Å². The number of benzene rings is 1. The van der Waals surface area contributed by atoms with Gasteiger partial charge in [-0.1, -0.05) is 12.1 Å². The molecule has 1 aliphatic carbocycles. The van der Waals surface area contributed by atoms with Crippen LogP contribution in [0.4, 0.5) is 17.6 Å². The average Bonchev–Trinajstić information content (AvgIpc) is 2.18. The molecule has 0 aliphatic heterocycles. The SMILES string of the molecule is Oc1cccc2c1CCCC2(F)C(F)(F)F. The normalized spacial score (nSPS) is 25.2. The lowest BCUT2D eigenvalue weighted by Crippen LogP contribution is -2.41. The number of phenols is 1. The maximum Gasteiger partial charge on any atom is 0.426 e. The first-order valence-electron chi connectivity index (χ1n) is 4.93. The second-order valence-corrected chi connectivity index (χ2v) is 3.96. The summed E-state index contributed by atoms with van der Waals surface area (Å²) in [5.74, 6) is -0.261. The first kappa shape index (κ1) is 11.2. The van der Waals surface area contributed by atoms with E-state index in [1.165, 1.54) is 12.1 Å². The molecule has 0 bridgehead atoms. The molecule has 0 fully saturated rings. The van der Waals surface area contributed by atoms with Crippen LogP contribution in [0.5, 0.6) is 5.75 Å². The van der Waals surface area contributed by atoms with Crippen LogP contribution in [0.25, 0.3) is 0 Å². The highest BCUT2D eigenvalue weighted by Crippen LogP contribution is 2.51. The maximum atomic E-state index is 14.0. The largest absolute Gasteiger partial charge is 0.508 e. The molecule has 2 rings (SSSR count). The van der Waals surface area contributed by atoms with Gasteiger partial charge >= 0.3 is 6.18 Å². The van der Waals surface area contributed by atoms with Gasteiger partial charge in [0, 0.05) is 11.1 Å². The van der Waals surface area contributed by atoms with Crippen molar-refractivity contribution in [2.75, 3.05) is 0 Å². The fourth-order valence-electron chi connectivity index (χ4n) is 2.15. The Balaban J connectivity index is 2.61. The van der Waals surface area contributed by atoms with Gasteiger partial charge in [0.15, 0.2) is 0 Å². The number of hydrogen-bond donors (Lipinski definition) is 1. The van der Waals surface area contributed by atoms with Crippen molar-refractivity contribution in [3.05, 3.63) is 29.3 Å².